The van der Waals surface area contributed by atoms with E-state index in [2.05, 4.69) is 15.3 Å². The first-order valence-electron chi connectivity index (χ1n) is 5.00. The second kappa shape index (κ2) is 4.13. The largest absolute Gasteiger partial charge is 0.349 e. The first-order chi connectivity index (χ1) is 7.29. The fourth-order valence-electron chi connectivity index (χ4n) is 1.40. The lowest BCUT2D eigenvalue weighted by Crippen LogP contribution is -2.21. The molecule has 2 aromatic rings. The van der Waals surface area contributed by atoms with Crippen LogP contribution in [0.3, 0.4) is 0 Å². The number of hydrogen-bond donors (Lipinski definition) is 2. The minimum atomic E-state index is 0.0375. The predicted octanol–water partition coefficient (Wildman–Crippen LogP) is 1.59. The number of hydrogen-bond acceptors (Lipinski definition) is 2. The third-order valence-corrected chi connectivity index (χ3v) is 2.21. The van der Waals surface area contributed by atoms with Crippen LogP contribution in [0.15, 0.2) is 24.3 Å². The molecule has 78 valence electrons. The minimum Gasteiger partial charge on any atom is -0.349 e. The Balaban J connectivity index is 2.12. The third-order valence-electron chi connectivity index (χ3n) is 2.21. The van der Waals surface area contributed by atoms with Crippen molar-refractivity contribution in [1.29, 1.82) is 0 Å². The van der Waals surface area contributed by atoms with Crippen LogP contribution in [0.25, 0.3) is 11.0 Å². The van der Waals surface area contributed by atoms with E-state index >= 15 is 0 Å². The number of carbonyl (C=O) groups is 1. The number of H-pyrrole nitrogens is 1. The number of imidazole rings is 1. The van der Waals surface area contributed by atoms with Crippen molar-refractivity contribution in [3.8, 4) is 0 Å². The molecule has 15 heavy (non-hydrogen) atoms. The molecule has 0 saturated carbocycles. The molecule has 1 heterocycles. The summed E-state index contributed by atoms with van der Waals surface area (Å²) >= 11 is 0. The summed E-state index contributed by atoms with van der Waals surface area (Å²) < 4.78 is 0. The van der Waals surface area contributed by atoms with Gasteiger partial charge in [-0.25, -0.2) is 4.98 Å². The SMILES string of the molecule is CCC(=O)NCc1nc2ccccc2[nH]1. The first kappa shape index (κ1) is 9.71. The lowest BCUT2D eigenvalue weighted by Gasteiger charge is -1.98. The van der Waals surface area contributed by atoms with Crippen molar-refractivity contribution in [2.24, 2.45) is 0 Å². The number of fused-ring (bicyclic) bond motifs is 1. The minimum absolute atomic E-state index is 0.0375. The van der Waals surface area contributed by atoms with Crippen LogP contribution >= 0.6 is 0 Å². The monoisotopic (exact) mass is 203 g/mol. The number of rotatable bonds is 3. The fraction of sp³-hybridized carbons (Fsp3) is 0.273. The second-order valence-electron chi connectivity index (χ2n) is 3.33. The van der Waals surface area contributed by atoms with E-state index in [0.717, 1.165) is 16.9 Å². The summed E-state index contributed by atoms with van der Waals surface area (Å²) in [5, 5.41) is 2.78. The van der Waals surface area contributed by atoms with E-state index < -0.39 is 0 Å². The van der Waals surface area contributed by atoms with Crippen LogP contribution in [0.1, 0.15) is 19.2 Å². The van der Waals surface area contributed by atoms with Gasteiger partial charge in [0.2, 0.25) is 5.91 Å². The Morgan fingerprint density at radius 2 is 2.27 bits per heavy atom. The maximum atomic E-state index is 11.0. The van der Waals surface area contributed by atoms with Gasteiger partial charge >= 0.3 is 0 Å². The van der Waals surface area contributed by atoms with Crippen LogP contribution in [-0.4, -0.2) is 15.9 Å². The number of para-hydroxylation sites is 2. The molecular weight excluding hydrogens is 190 g/mol. The quantitative estimate of drug-likeness (QED) is 0.795. The van der Waals surface area contributed by atoms with E-state index in [1.807, 2.05) is 31.2 Å². The van der Waals surface area contributed by atoms with Gasteiger partial charge in [0.15, 0.2) is 0 Å². The second-order valence-corrected chi connectivity index (χ2v) is 3.33. The Bertz CT molecular complexity index is 442. The van der Waals surface area contributed by atoms with Gasteiger partial charge in [-0.2, -0.15) is 0 Å². The fourth-order valence-corrected chi connectivity index (χ4v) is 1.40. The maximum Gasteiger partial charge on any atom is 0.220 e. The number of amides is 1. The molecule has 0 aliphatic heterocycles. The summed E-state index contributed by atoms with van der Waals surface area (Å²) in [7, 11) is 0. The highest BCUT2D eigenvalue weighted by atomic mass is 16.1. The van der Waals surface area contributed by atoms with Gasteiger partial charge in [-0.3, -0.25) is 4.79 Å². The highest BCUT2D eigenvalue weighted by molar-refractivity contribution is 5.76. The van der Waals surface area contributed by atoms with E-state index in [-0.39, 0.29) is 5.91 Å². The van der Waals surface area contributed by atoms with Crippen molar-refractivity contribution in [3.05, 3.63) is 30.1 Å². The van der Waals surface area contributed by atoms with Crippen LogP contribution in [-0.2, 0) is 11.3 Å². The molecule has 0 radical (unpaired) electrons. The molecule has 2 N–H and O–H groups in total. The van der Waals surface area contributed by atoms with Gasteiger partial charge in [-0.15, -0.1) is 0 Å². The van der Waals surface area contributed by atoms with Crippen LogP contribution in [0, 0.1) is 0 Å². The lowest BCUT2D eigenvalue weighted by molar-refractivity contribution is -0.120. The zero-order valence-electron chi connectivity index (χ0n) is 8.58. The standard InChI is InChI=1S/C11H13N3O/c1-2-11(15)12-7-10-13-8-5-3-4-6-9(8)14-10/h3-6H,2,7H2,1H3,(H,12,15)(H,13,14). The van der Waals surface area contributed by atoms with E-state index in [1.165, 1.54) is 0 Å². The highest BCUT2D eigenvalue weighted by Crippen LogP contribution is 2.09. The molecule has 0 aliphatic carbocycles. The Hall–Kier alpha value is -1.84. The molecule has 0 saturated heterocycles. The molecule has 0 atom stereocenters. The van der Waals surface area contributed by atoms with Crippen LogP contribution in [0.5, 0.6) is 0 Å². The lowest BCUT2D eigenvalue weighted by atomic mass is 10.3. The maximum absolute atomic E-state index is 11.0. The van der Waals surface area contributed by atoms with Gasteiger partial charge in [0.05, 0.1) is 17.6 Å². The number of nitrogens with one attached hydrogen (secondary N) is 2. The number of carbonyl (C=O) groups excluding carboxylic acids is 1. The summed E-state index contributed by atoms with van der Waals surface area (Å²) in [6, 6.07) is 7.80. The topological polar surface area (TPSA) is 57.8 Å². The molecule has 4 nitrogen and oxygen atoms in total. The van der Waals surface area contributed by atoms with E-state index in [9.17, 15) is 4.79 Å². The molecular formula is C11H13N3O. The van der Waals surface area contributed by atoms with Crippen LogP contribution in [0.4, 0.5) is 0 Å². The van der Waals surface area contributed by atoms with E-state index in [4.69, 9.17) is 0 Å². The molecule has 0 fully saturated rings. The van der Waals surface area contributed by atoms with Crippen molar-refractivity contribution < 1.29 is 4.79 Å². The van der Waals surface area contributed by atoms with Crippen molar-refractivity contribution in [1.82, 2.24) is 15.3 Å². The molecule has 0 unspecified atom stereocenters. The summed E-state index contributed by atoms with van der Waals surface area (Å²) in [6.07, 6.45) is 0.500. The van der Waals surface area contributed by atoms with E-state index in [1.54, 1.807) is 0 Å². The van der Waals surface area contributed by atoms with Gasteiger partial charge < -0.3 is 10.3 Å². The Morgan fingerprint density at radius 1 is 1.47 bits per heavy atom. The van der Waals surface area contributed by atoms with Crippen molar-refractivity contribution >= 4 is 16.9 Å². The number of aromatic amines is 1. The molecule has 4 heteroatoms. The van der Waals surface area contributed by atoms with Gasteiger partial charge in [0.25, 0.3) is 0 Å². The predicted molar refractivity (Wildman–Crippen MR) is 58.2 cm³/mol. The Labute approximate surface area is 87.7 Å². The Morgan fingerprint density at radius 3 is 3.00 bits per heavy atom. The van der Waals surface area contributed by atoms with Gasteiger partial charge in [-0.05, 0) is 12.1 Å². The smallest absolute Gasteiger partial charge is 0.220 e. The third kappa shape index (κ3) is 2.15. The molecule has 0 spiro atoms. The number of nitrogens with zero attached hydrogens (tertiary/aromatic N) is 1. The number of benzene rings is 1. The van der Waals surface area contributed by atoms with Crippen LogP contribution < -0.4 is 5.32 Å². The molecule has 1 aromatic heterocycles. The first-order valence-corrected chi connectivity index (χ1v) is 5.00. The zero-order chi connectivity index (χ0) is 10.7. The summed E-state index contributed by atoms with van der Waals surface area (Å²) in [5.74, 6) is 0.827. The Kier molecular flexibility index (Phi) is 2.67. The summed E-state index contributed by atoms with van der Waals surface area (Å²) in [5.41, 5.74) is 1.93. The zero-order valence-corrected chi connectivity index (χ0v) is 8.58. The average Bonchev–Trinajstić information content (AvgIpc) is 2.68. The molecule has 2 rings (SSSR count). The molecule has 0 aliphatic rings. The van der Waals surface area contributed by atoms with Crippen molar-refractivity contribution in [3.63, 3.8) is 0 Å². The van der Waals surface area contributed by atoms with Crippen LogP contribution in [0.2, 0.25) is 0 Å². The molecule has 1 aromatic carbocycles. The summed E-state index contributed by atoms with van der Waals surface area (Å²) in [6.45, 7) is 2.29. The molecule has 1 amide bonds. The summed E-state index contributed by atoms with van der Waals surface area (Å²) in [4.78, 5) is 18.5. The van der Waals surface area contributed by atoms with E-state index in [0.29, 0.717) is 13.0 Å². The van der Waals surface area contributed by atoms with Gasteiger partial charge in [0, 0.05) is 6.42 Å². The van der Waals surface area contributed by atoms with Gasteiger partial charge in [-0.1, -0.05) is 19.1 Å². The number of aromatic nitrogens is 2. The van der Waals surface area contributed by atoms with Gasteiger partial charge in [0.1, 0.15) is 5.82 Å². The van der Waals surface area contributed by atoms with Crippen molar-refractivity contribution in [2.75, 3.05) is 0 Å². The highest BCUT2D eigenvalue weighted by Gasteiger charge is 2.02. The normalized spacial score (nSPS) is 10.5. The van der Waals surface area contributed by atoms with Crippen molar-refractivity contribution in [2.45, 2.75) is 19.9 Å². The average molecular weight is 203 g/mol. The molecule has 0 bridgehead atoms.